The molecular formula is C21H28N4O2. The highest BCUT2D eigenvalue weighted by Crippen LogP contribution is 2.24. The van der Waals surface area contributed by atoms with E-state index in [1.165, 1.54) is 25.7 Å². The van der Waals surface area contributed by atoms with Crippen LogP contribution in [0.3, 0.4) is 0 Å². The second kappa shape index (κ2) is 8.21. The summed E-state index contributed by atoms with van der Waals surface area (Å²) in [6, 6.07) is 8.10. The first-order chi connectivity index (χ1) is 13.2. The summed E-state index contributed by atoms with van der Waals surface area (Å²) >= 11 is 0. The second-order valence-corrected chi connectivity index (χ2v) is 7.74. The zero-order chi connectivity index (χ0) is 18.6. The molecule has 2 aromatic rings. The number of aryl methyl sites for hydroxylation is 1. The summed E-state index contributed by atoms with van der Waals surface area (Å²) in [5.74, 6) is 0.891. The number of carbonyl (C=O) groups is 1. The van der Waals surface area contributed by atoms with Crippen LogP contribution in [0.4, 0.5) is 0 Å². The van der Waals surface area contributed by atoms with E-state index in [4.69, 9.17) is 0 Å². The molecule has 27 heavy (non-hydrogen) atoms. The number of aromatic amines is 1. The number of rotatable bonds is 5. The van der Waals surface area contributed by atoms with Crippen molar-refractivity contribution in [1.29, 1.82) is 0 Å². The number of hydrogen-bond donors (Lipinski definition) is 1. The Morgan fingerprint density at radius 1 is 1.11 bits per heavy atom. The SMILES string of the molecule is O=C(CCCc1nc2ccccc2c(=O)[nH]1)N1CCN(C2CCCC2)CC1. The first-order valence-corrected chi connectivity index (χ1v) is 10.2. The highest BCUT2D eigenvalue weighted by molar-refractivity contribution is 5.77. The van der Waals surface area contributed by atoms with E-state index >= 15 is 0 Å². The van der Waals surface area contributed by atoms with Crippen LogP contribution in [0.25, 0.3) is 10.9 Å². The average Bonchev–Trinajstić information content (AvgIpc) is 3.23. The van der Waals surface area contributed by atoms with Gasteiger partial charge >= 0.3 is 0 Å². The third-order valence-corrected chi connectivity index (χ3v) is 5.97. The molecule has 2 fully saturated rings. The number of H-pyrrole nitrogens is 1. The Kier molecular flexibility index (Phi) is 5.53. The van der Waals surface area contributed by atoms with Gasteiger partial charge in [-0.1, -0.05) is 25.0 Å². The van der Waals surface area contributed by atoms with Crippen molar-refractivity contribution in [2.75, 3.05) is 26.2 Å². The van der Waals surface area contributed by atoms with Crippen LogP contribution in [0.15, 0.2) is 29.1 Å². The van der Waals surface area contributed by atoms with Crippen molar-refractivity contribution < 1.29 is 4.79 Å². The minimum Gasteiger partial charge on any atom is -0.340 e. The number of amides is 1. The maximum Gasteiger partial charge on any atom is 0.258 e. The van der Waals surface area contributed by atoms with Crippen LogP contribution in [0.1, 0.15) is 44.3 Å². The molecule has 1 saturated carbocycles. The van der Waals surface area contributed by atoms with Gasteiger partial charge in [-0.15, -0.1) is 0 Å². The van der Waals surface area contributed by atoms with E-state index in [9.17, 15) is 9.59 Å². The number of benzene rings is 1. The minimum atomic E-state index is -0.107. The van der Waals surface area contributed by atoms with Gasteiger partial charge < -0.3 is 9.88 Å². The molecule has 1 amide bonds. The van der Waals surface area contributed by atoms with Crippen molar-refractivity contribution >= 4 is 16.8 Å². The Hall–Kier alpha value is -2.21. The molecule has 1 aromatic heterocycles. The van der Waals surface area contributed by atoms with E-state index in [1.807, 2.05) is 23.1 Å². The van der Waals surface area contributed by atoms with Crippen molar-refractivity contribution in [3.05, 3.63) is 40.4 Å². The highest BCUT2D eigenvalue weighted by Gasteiger charge is 2.27. The number of nitrogens with zero attached hydrogens (tertiary/aromatic N) is 3. The lowest BCUT2D eigenvalue weighted by molar-refractivity contribution is -0.133. The molecule has 0 bridgehead atoms. The molecule has 0 radical (unpaired) electrons. The number of fused-ring (bicyclic) bond motifs is 1. The van der Waals surface area contributed by atoms with Gasteiger partial charge in [-0.25, -0.2) is 4.98 Å². The van der Waals surface area contributed by atoms with Crippen LogP contribution in [0, 0.1) is 0 Å². The maximum absolute atomic E-state index is 12.5. The van der Waals surface area contributed by atoms with Gasteiger partial charge in [0.2, 0.25) is 5.91 Å². The molecule has 0 spiro atoms. The summed E-state index contributed by atoms with van der Waals surface area (Å²) in [4.78, 5) is 36.5. The van der Waals surface area contributed by atoms with Crippen molar-refractivity contribution in [2.45, 2.75) is 51.0 Å². The zero-order valence-electron chi connectivity index (χ0n) is 15.8. The van der Waals surface area contributed by atoms with Crippen LogP contribution in [-0.2, 0) is 11.2 Å². The van der Waals surface area contributed by atoms with E-state index in [0.717, 1.165) is 32.2 Å². The molecule has 2 heterocycles. The van der Waals surface area contributed by atoms with Gasteiger partial charge in [0.15, 0.2) is 0 Å². The van der Waals surface area contributed by atoms with Gasteiger partial charge in [0.05, 0.1) is 10.9 Å². The molecule has 1 N–H and O–H groups in total. The number of para-hydroxylation sites is 1. The number of piperazine rings is 1. The van der Waals surface area contributed by atoms with Crippen LogP contribution in [0.2, 0.25) is 0 Å². The quantitative estimate of drug-likeness (QED) is 0.879. The minimum absolute atomic E-state index is 0.107. The summed E-state index contributed by atoms with van der Waals surface area (Å²) < 4.78 is 0. The third kappa shape index (κ3) is 4.21. The normalized spacial score (nSPS) is 19.0. The van der Waals surface area contributed by atoms with Gasteiger partial charge in [0, 0.05) is 45.1 Å². The molecular weight excluding hydrogens is 340 g/mol. The Labute approximate surface area is 159 Å². The highest BCUT2D eigenvalue weighted by atomic mass is 16.2. The summed E-state index contributed by atoms with van der Waals surface area (Å²) in [5, 5.41) is 0.609. The largest absolute Gasteiger partial charge is 0.340 e. The number of carbonyl (C=O) groups excluding carboxylic acids is 1. The first kappa shape index (κ1) is 18.2. The lowest BCUT2D eigenvalue weighted by Gasteiger charge is -2.38. The number of nitrogens with one attached hydrogen (secondary N) is 1. The Morgan fingerprint density at radius 2 is 1.85 bits per heavy atom. The molecule has 6 heteroatoms. The summed E-state index contributed by atoms with van der Waals surface area (Å²) in [6.07, 6.45) is 7.20. The van der Waals surface area contributed by atoms with Crippen molar-refractivity contribution in [2.24, 2.45) is 0 Å². The fraction of sp³-hybridized carbons (Fsp3) is 0.571. The Bertz CT molecular complexity index is 849. The monoisotopic (exact) mass is 368 g/mol. The number of hydrogen-bond acceptors (Lipinski definition) is 4. The Morgan fingerprint density at radius 3 is 2.63 bits per heavy atom. The van der Waals surface area contributed by atoms with Gasteiger partial charge in [-0.05, 0) is 31.4 Å². The average molecular weight is 368 g/mol. The third-order valence-electron chi connectivity index (χ3n) is 5.97. The molecule has 2 aliphatic rings. The van der Waals surface area contributed by atoms with Gasteiger partial charge in [-0.3, -0.25) is 14.5 Å². The van der Waals surface area contributed by atoms with Crippen LogP contribution in [0.5, 0.6) is 0 Å². The van der Waals surface area contributed by atoms with Crippen LogP contribution < -0.4 is 5.56 Å². The molecule has 1 saturated heterocycles. The Balaban J connectivity index is 1.26. The molecule has 1 aromatic carbocycles. The van der Waals surface area contributed by atoms with Crippen molar-refractivity contribution in [1.82, 2.24) is 19.8 Å². The lowest BCUT2D eigenvalue weighted by Crippen LogP contribution is -2.51. The molecule has 6 nitrogen and oxygen atoms in total. The summed E-state index contributed by atoms with van der Waals surface area (Å²) in [5.41, 5.74) is 0.607. The van der Waals surface area contributed by atoms with Crippen LogP contribution >= 0.6 is 0 Å². The zero-order valence-corrected chi connectivity index (χ0v) is 15.8. The first-order valence-electron chi connectivity index (χ1n) is 10.2. The van der Waals surface area contributed by atoms with Gasteiger partial charge in [0.25, 0.3) is 5.56 Å². The lowest BCUT2D eigenvalue weighted by atomic mass is 10.1. The molecule has 4 rings (SSSR count). The molecule has 1 aliphatic carbocycles. The summed E-state index contributed by atoms with van der Waals surface area (Å²) in [7, 11) is 0. The van der Waals surface area contributed by atoms with E-state index in [0.29, 0.717) is 36.0 Å². The van der Waals surface area contributed by atoms with E-state index < -0.39 is 0 Å². The standard InChI is InChI=1S/C21H28N4O2/c26-20(25-14-12-24(13-15-25)16-6-1-2-7-16)11-5-10-19-22-18-9-4-3-8-17(18)21(27)23-19/h3-4,8-9,16H,1-2,5-7,10-15H2,(H,22,23,27). The number of aromatic nitrogens is 2. The van der Waals surface area contributed by atoms with E-state index in [-0.39, 0.29) is 11.5 Å². The predicted molar refractivity (Wildman–Crippen MR) is 106 cm³/mol. The van der Waals surface area contributed by atoms with Crippen molar-refractivity contribution in [3.63, 3.8) is 0 Å². The molecule has 1 aliphatic heterocycles. The second-order valence-electron chi connectivity index (χ2n) is 7.74. The maximum atomic E-state index is 12.5. The topological polar surface area (TPSA) is 69.3 Å². The van der Waals surface area contributed by atoms with Crippen molar-refractivity contribution in [3.8, 4) is 0 Å². The molecule has 144 valence electrons. The fourth-order valence-corrected chi connectivity index (χ4v) is 4.42. The fourth-order valence-electron chi connectivity index (χ4n) is 4.42. The van der Waals surface area contributed by atoms with Crippen LogP contribution in [-0.4, -0.2) is 57.9 Å². The van der Waals surface area contributed by atoms with Gasteiger partial charge in [-0.2, -0.15) is 0 Å². The smallest absolute Gasteiger partial charge is 0.258 e. The van der Waals surface area contributed by atoms with E-state index in [1.54, 1.807) is 6.07 Å². The van der Waals surface area contributed by atoms with Gasteiger partial charge in [0.1, 0.15) is 5.82 Å². The predicted octanol–water partition coefficient (Wildman–Crippen LogP) is 2.33. The van der Waals surface area contributed by atoms with E-state index in [2.05, 4.69) is 14.9 Å². The summed E-state index contributed by atoms with van der Waals surface area (Å²) in [6.45, 7) is 3.71. The molecule has 0 atom stereocenters. The molecule has 0 unspecified atom stereocenters.